The quantitative estimate of drug-likeness (QED) is 0.903. The second-order valence-electron chi connectivity index (χ2n) is 6.06. The summed E-state index contributed by atoms with van der Waals surface area (Å²) >= 11 is 0. The number of nitrogens with two attached hydrogens (primary N) is 1. The largest absolute Gasteiger partial charge is 0.494 e. The summed E-state index contributed by atoms with van der Waals surface area (Å²) < 4.78 is 28.8. The van der Waals surface area contributed by atoms with Gasteiger partial charge in [0.1, 0.15) is 5.75 Å². The van der Waals surface area contributed by atoms with Crippen molar-refractivity contribution in [3.63, 3.8) is 0 Å². The van der Waals surface area contributed by atoms with Crippen LogP contribution in [0.15, 0.2) is 47.4 Å². The van der Waals surface area contributed by atoms with Crippen LogP contribution in [0.5, 0.6) is 5.75 Å². The number of hydrogen-bond acceptors (Lipinski definition) is 4. The molecule has 1 aliphatic rings. The van der Waals surface area contributed by atoms with Gasteiger partial charge in [-0.15, -0.1) is 0 Å². The predicted molar refractivity (Wildman–Crippen MR) is 94.8 cm³/mol. The number of para-hydroxylation sites is 1. The van der Waals surface area contributed by atoms with E-state index < -0.39 is 10.0 Å². The van der Waals surface area contributed by atoms with Crippen LogP contribution >= 0.6 is 0 Å². The van der Waals surface area contributed by atoms with Crippen LogP contribution in [0.4, 0.5) is 5.69 Å². The second-order valence-corrected chi connectivity index (χ2v) is 7.62. The van der Waals surface area contributed by atoms with E-state index in [1.165, 1.54) is 0 Å². The Labute approximate surface area is 143 Å². The van der Waals surface area contributed by atoms with Gasteiger partial charge in [-0.3, -0.25) is 0 Å². The van der Waals surface area contributed by atoms with Crippen molar-refractivity contribution in [2.75, 3.05) is 11.5 Å². The van der Waals surface area contributed by atoms with Gasteiger partial charge in [0.15, 0.2) is 0 Å². The second kappa shape index (κ2) is 6.45. The Hall–Kier alpha value is -2.05. The number of nitrogens with zero attached hydrogens (tertiary/aromatic N) is 1. The molecule has 0 saturated heterocycles. The number of ether oxygens (including phenoxy) is 1. The third-order valence-electron chi connectivity index (χ3n) is 4.35. The zero-order valence-electron chi connectivity index (χ0n) is 13.9. The standard InChI is InChI=1S/C18H22N2O3S/c1-3-23-18-7-5-4-6-14(18)12-20-13(2)10-15-11-16(24(19,21)22)8-9-17(15)20/h4-9,11,13H,3,10,12H2,1-2H3,(H2,19,21,22)/t13-/m1/s1. The highest BCUT2D eigenvalue weighted by Crippen LogP contribution is 2.35. The Balaban J connectivity index is 1.92. The van der Waals surface area contributed by atoms with E-state index in [4.69, 9.17) is 9.88 Å². The maximum atomic E-state index is 11.6. The highest BCUT2D eigenvalue weighted by molar-refractivity contribution is 7.89. The van der Waals surface area contributed by atoms with E-state index >= 15 is 0 Å². The molecule has 2 aromatic rings. The summed E-state index contributed by atoms with van der Waals surface area (Å²) in [5, 5.41) is 5.24. The normalized spacial score (nSPS) is 17.0. The molecule has 128 valence electrons. The molecule has 1 atom stereocenters. The summed E-state index contributed by atoms with van der Waals surface area (Å²) in [6.45, 7) is 5.46. The van der Waals surface area contributed by atoms with Crippen LogP contribution in [0, 0.1) is 0 Å². The lowest BCUT2D eigenvalue weighted by atomic mass is 10.1. The smallest absolute Gasteiger partial charge is 0.238 e. The summed E-state index contributed by atoms with van der Waals surface area (Å²) in [6, 6.07) is 13.4. The number of benzene rings is 2. The number of primary sulfonamides is 1. The highest BCUT2D eigenvalue weighted by atomic mass is 32.2. The average molecular weight is 346 g/mol. The molecule has 6 heteroatoms. The monoisotopic (exact) mass is 346 g/mol. The first-order valence-electron chi connectivity index (χ1n) is 8.03. The molecule has 24 heavy (non-hydrogen) atoms. The Morgan fingerprint density at radius 2 is 2.00 bits per heavy atom. The predicted octanol–water partition coefficient (Wildman–Crippen LogP) is 2.68. The molecule has 3 rings (SSSR count). The summed E-state index contributed by atoms with van der Waals surface area (Å²) in [6.07, 6.45) is 0.801. The molecule has 0 spiro atoms. The van der Waals surface area contributed by atoms with E-state index in [-0.39, 0.29) is 10.9 Å². The van der Waals surface area contributed by atoms with Crippen LogP contribution in [-0.2, 0) is 23.0 Å². The molecule has 0 aromatic heterocycles. The van der Waals surface area contributed by atoms with Crippen molar-refractivity contribution >= 4 is 15.7 Å². The molecule has 1 aliphatic heterocycles. The van der Waals surface area contributed by atoms with E-state index in [0.717, 1.165) is 35.5 Å². The van der Waals surface area contributed by atoms with Gasteiger partial charge in [-0.1, -0.05) is 18.2 Å². The van der Waals surface area contributed by atoms with Crippen molar-refractivity contribution < 1.29 is 13.2 Å². The van der Waals surface area contributed by atoms with Gasteiger partial charge in [0.2, 0.25) is 10.0 Å². The molecule has 2 N–H and O–H groups in total. The number of rotatable bonds is 5. The van der Waals surface area contributed by atoms with E-state index in [0.29, 0.717) is 6.61 Å². The summed E-state index contributed by atoms with van der Waals surface area (Å²) in [5.74, 6) is 0.891. The van der Waals surface area contributed by atoms with Gasteiger partial charge in [-0.25, -0.2) is 13.6 Å². The molecule has 0 amide bonds. The minimum absolute atomic E-state index is 0.171. The minimum Gasteiger partial charge on any atom is -0.494 e. The van der Waals surface area contributed by atoms with Gasteiger partial charge >= 0.3 is 0 Å². The third kappa shape index (κ3) is 3.25. The molecular weight excluding hydrogens is 324 g/mol. The molecular formula is C18H22N2O3S. The third-order valence-corrected chi connectivity index (χ3v) is 5.26. The number of sulfonamides is 1. The Morgan fingerprint density at radius 1 is 1.25 bits per heavy atom. The van der Waals surface area contributed by atoms with Crippen LogP contribution in [0.3, 0.4) is 0 Å². The molecule has 5 nitrogen and oxygen atoms in total. The summed E-state index contributed by atoms with van der Waals surface area (Å²) in [7, 11) is -3.67. The van der Waals surface area contributed by atoms with Crippen molar-refractivity contribution in [1.29, 1.82) is 0 Å². The summed E-state index contributed by atoms with van der Waals surface area (Å²) in [5.41, 5.74) is 3.19. The van der Waals surface area contributed by atoms with E-state index in [1.54, 1.807) is 12.1 Å². The Bertz CT molecular complexity index is 849. The molecule has 0 unspecified atom stereocenters. The highest BCUT2D eigenvalue weighted by Gasteiger charge is 2.27. The van der Waals surface area contributed by atoms with Gasteiger partial charge < -0.3 is 9.64 Å². The van der Waals surface area contributed by atoms with E-state index in [2.05, 4.69) is 17.9 Å². The van der Waals surface area contributed by atoms with Crippen molar-refractivity contribution in [1.82, 2.24) is 0 Å². The van der Waals surface area contributed by atoms with E-state index in [1.807, 2.05) is 31.2 Å². The van der Waals surface area contributed by atoms with Crippen LogP contribution in [0.25, 0.3) is 0 Å². The van der Waals surface area contributed by atoms with Gasteiger partial charge in [0.25, 0.3) is 0 Å². The fourth-order valence-electron chi connectivity index (χ4n) is 3.20. The maximum Gasteiger partial charge on any atom is 0.238 e. The lowest BCUT2D eigenvalue weighted by molar-refractivity contribution is 0.336. The van der Waals surface area contributed by atoms with Gasteiger partial charge in [-0.05, 0) is 50.1 Å². The lowest BCUT2D eigenvalue weighted by Crippen LogP contribution is -2.28. The Morgan fingerprint density at radius 3 is 2.71 bits per heavy atom. The Kier molecular flexibility index (Phi) is 4.51. The first kappa shape index (κ1) is 16.8. The zero-order valence-corrected chi connectivity index (χ0v) is 14.7. The number of hydrogen-bond donors (Lipinski definition) is 1. The van der Waals surface area contributed by atoms with Gasteiger partial charge in [-0.2, -0.15) is 0 Å². The molecule has 0 bridgehead atoms. The van der Waals surface area contributed by atoms with Gasteiger partial charge in [0.05, 0.1) is 11.5 Å². The first-order valence-corrected chi connectivity index (χ1v) is 9.58. The molecule has 0 fully saturated rings. The number of anilines is 1. The fourth-order valence-corrected chi connectivity index (χ4v) is 3.77. The molecule has 0 radical (unpaired) electrons. The van der Waals surface area contributed by atoms with Crippen molar-refractivity contribution in [3.05, 3.63) is 53.6 Å². The lowest BCUT2D eigenvalue weighted by Gasteiger charge is -2.26. The van der Waals surface area contributed by atoms with Crippen molar-refractivity contribution in [2.45, 2.75) is 37.8 Å². The SMILES string of the molecule is CCOc1ccccc1CN1c2ccc(S(N)(=O)=O)cc2C[C@H]1C. The fraction of sp³-hybridized carbons (Fsp3) is 0.333. The topological polar surface area (TPSA) is 72.6 Å². The number of fused-ring (bicyclic) bond motifs is 1. The first-order chi connectivity index (χ1) is 11.4. The molecule has 0 aliphatic carbocycles. The molecule has 1 heterocycles. The van der Waals surface area contributed by atoms with Crippen LogP contribution in [0.1, 0.15) is 25.0 Å². The molecule has 0 saturated carbocycles. The molecule has 2 aromatic carbocycles. The van der Waals surface area contributed by atoms with Gasteiger partial charge in [0, 0.05) is 23.8 Å². The minimum atomic E-state index is -3.67. The zero-order chi connectivity index (χ0) is 17.3. The van der Waals surface area contributed by atoms with Crippen LogP contribution < -0.4 is 14.8 Å². The van der Waals surface area contributed by atoms with Crippen LogP contribution in [0.2, 0.25) is 0 Å². The maximum absolute atomic E-state index is 11.6. The van der Waals surface area contributed by atoms with Crippen molar-refractivity contribution in [2.24, 2.45) is 5.14 Å². The summed E-state index contributed by atoms with van der Waals surface area (Å²) in [4.78, 5) is 2.45. The van der Waals surface area contributed by atoms with Crippen LogP contribution in [-0.4, -0.2) is 21.1 Å². The van der Waals surface area contributed by atoms with E-state index in [9.17, 15) is 8.42 Å². The average Bonchev–Trinajstić information content (AvgIpc) is 2.84. The van der Waals surface area contributed by atoms with Crippen molar-refractivity contribution in [3.8, 4) is 5.75 Å².